The van der Waals surface area contributed by atoms with Gasteiger partial charge < -0.3 is 14.6 Å². The van der Waals surface area contributed by atoms with Crippen molar-refractivity contribution in [2.45, 2.75) is 58.0 Å². The van der Waals surface area contributed by atoms with E-state index in [1.54, 1.807) is 6.07 Å². The van der Waals surface area contributed by atoms with Gasteiger partial charge in [-0.3, -0.25) is 0 Å². The van der Waals surface area contributed by atoms with Crippen molar-refractivity contribution in [3.8, 4) is 0 Å². The van der Waals surface area contributed by atoms with E-state index in [0.717, 1.165) is 34.2 Å². The van der Waals surface area contributed by atoms with Crippen molar-refractivity contribution in [1.82, 2.24) is 10.2 Å². The van der Waals surface area contributed by atoms with Crippen LogP contribution in [-0.4, -0.2) is 31.1 Å². The number of likely N-dealkylation sites (N-methyl/N-ethyl adjacent to an activating group) is 1. The molecule has 1 aliphatic carbocycles. The maximum atomic E-state index is 12.0. The minimum Gasteiger partial charge on any atom is -0.422 e. The van der Waals surface area contributed by atoms with Crippen molar-refractivity contribution in [2.75, 3.05) is 20.6 Å². The molecule has 0 unspecified atom stereocenters. The van der Waals surface area contributed by atoms with Gasteiger partial charge in [-0.15, -0.1) is 0 Å². The summed E-state index contributed by atoms with van der Waals surface area (Å²) in [6.07, 6.45) is 6.43. The minimum absolute atomic E-state index is 0.236. The van der Waals surface area contributed by atoms with Crippen LogP contribution in [0.1, 0.15) is 48.8 Å². The highest BCUT2D eigenvalue weighted by Crippen LogP contribution is 2.31. The second kappa shape index (κ2) is 7.30. The first kappa shape index (κ1) is 18.2. The highest BCUT2D eigenvalue weighted by Gasteiger charge is 2.33. The smallest absolute Gasteiger partial charge is 0.336 e. The highest BCUT2D eigenvalue weighted by molar-refractivity contribution is 5.83. The van der Waals surface area contributed by atoms with Crippen molar-refractivity contribution in [1.29, 1.82) is 0 Å². The second-order valence-electron chi connectivity index (χ2n) is 7.76. The molecule has 0 saturated heterocycles. The van der Waals surface area contributed by atoms with E-state index < -0.39 is 0 Å². The fraction of sp³-hybridized carbons (Fsp3) is 0.571. The predicted octanol–water partition coefficient (Wildman–Crippen LogP) is 3.76. The average molecular weight is 342 g/mol. The Hall–Kier alpha value is -1.65. The maximum absolute atomic E-state index is 12.0. The van der Waals surface area contributed by atoms with E-state index in [0.29, 0.717) is 6.54 Å². The largest absolute Gasteiger partial charge is 0.422 e. The number of nitrogens with one attached hydrogen (secondary N) is 1. The standard InChI is InChI=1S/C21H30N2O2/c1-15-8-9-18-17(12-19(24)25-20(18)16(15)2)13-22-14-21(23(3)4)10-6-5-7-11-21/h8-9,12,22H,5-7,10-11,13-14H2,1-4H3. The van der Waals surface area contributed by atoms with E-state index in [2.05, 4.69) is 36.4 Å². The van der Waals surface area contributed by atoms with Crippen LogP contribution >= 0.6 is 0 Å². The number of fused-ring (bicyclic) bond motifs is 1. The lowest BCUT2D eigenvalue weighted by Crippen LogP contribution is -2.52. The lowest BCUT2D eigenvalue weighted by Gasteiger charge is -2.43. The van der Waals surface area contributed by atoms with E-state index in [1.807, 2.05) is 13.8 Å². The molecule has 1 saturated carbocycles. The normalized spacial score (nSPS) is 17.3. The Balaban J connectivity index is 1.81. The van der Waals surface area contributed by atoms with Crippen LogP contribution in [0.2, 0.25) is 0 Å². The first-order valence-electron chi connectivity index (χ1n) is 9.34. The van der Waals surface area contributed by atoms with E-state index >= 15 is 0 Å². The molecule has 136 valence electrons. The molecule has 0 spiro atoms. The third-order valence-corrected chi connectivity index (χ3v) is 6.02. The van der Waals surface area contributed by atoms with Gasteiger partial charge in [0.25, 0.3) is 0 Å². The lowest BCUT2D eigenvalue weighted by molar-refractivity contribution is 0.0984. The van der Waals surface area contributed by atoms with Crippen molar-refractivity contribution < 1.29 is 4.42 Å². The zero-order valence-corrected chi connectivity index (χ0v) is 15.9. The molecule has 1 aromatic heterocycles. The van der Waals surface area contributed by atoms with Gasteiger partial charge in [-0.05, 0) is 57.5 Å². The summed E-state index contributed by atoms with van der Waals surface area (Å²) in [5, 5.41) is 4.66. The first-order valence-corrected chi connectivity index (χ1v) is 9.34. The molecule has 1 heterocycles. The van der Waals surface area contributed by atoms with Gasteiger partial charge in [-0.1, -0.05) is 31.4 Å². The van der Waals surface area contributed by atoms with E-state index in [-0.39, 0.29) is 11.2 Å². The van der Waals surface area contributed by atoms with Crippen molar-refractivity contribution in [3.05, 3.63) is 45.3 Å². The first-order chi connectivity index (χ1) is 11.9. The number of benzene rings is 1. The third kappa shape index (κ3) is 3.65. The molecule has 2 aromatic rings. The van der Waals surface area contributed by atoms with Crippen LogP contribution in [0.4, 0.5) is 0 Å². The fourth-order valence-corrected chi connectivity index (χ4v) is 4.09. The molecule has 4 heteroatoms. The number of hydrogen-bond donors (Lipinski definition) is 1. The second-order valence-corrected chi connectivity index (χ2v) is 7.76. The molecule has 0 bridgehead atoms. The van der Waals surface area contributed by atoms with Crippen LogP contribution in [0.3, 0.4) is 0 Å². The maximum Gasteiger partial charge on any atom is 0.336 e. The molecule has 0 radical (unpaired) electrons. The summed E-state index contributed by atoms with van der Waals surface area (Å²) >= 11 is 0. The average Bonchev–Trinajstić information content (AvgIpc) is 2.59. The van der Waals surface area contributed by atoms with Crippen LogP contribution in [0.25, 0.3) is 11.0 Å². The van der Waals surface area contributed by atoms with Gasteiger partial charge >= 0.3 is 5.63 Å². The van der Waals surface area contributed by atoms with Crippen LogP contribution < -0.4 is 10.9 Å². The Kier molecular flexibility index (Phi) is 5.30. The number of aryl methyl sites for hydroxylation is 2. The van der Waals surface area contributed by atoms with Gasteiger partial charge in [0.2, 0.25) is 0 Å². The van der Waals surface area contributed by atoms with Gasteiger partial charge in [0.15, 0.2) is 0 Å². The summed E-state index contributed by atoms with van der Waals surface area (Å²) in [6, 6.07) is 5.80. The number of rotatable bonds is 5. The molecule has 0 atom stereocenters. The van der Waals surface area contributed by atoms with Crippen LogP contribution in [0.5, 0.6) is 0 Å². The van der Waals surface area contributed by atoms with E-state index in [9.17, 15) is 4.79 Å². The molecule has 1 aromatic carbocycles. The molecule has 25 heavy (non-hydrogen) atoms. The minimum atomic E-state index is -0.266. The molecule has 0 amide bonds. The molecule has 1 N–H and O–H groups in total. The Morgan fingerprint density at radius 3 is 2.56 bits per heavy atom. The predicted molar refractivity (Wildman–Crippen MR) is 103 cm³/mol. The molecular weight excluding hydrogens is 312 g/mol. The SMILES string of the molecule is Cc1ccc2c(CNCC3(N(C)C)CCCCC3)cc(=O)oc2c1C. The summed E-state index contributed by atoms with van der Waals surface area (Å²) in [5.74, 6) is 0. The summed E-state index contributed by atoms with van der Waals surface area (Å²) in [7, 11) is 4.37. The summed E-state index contributed by atoms with van der Waals surface area (Å²) in [5.41, 5.74) is 3.92. The van der Waals surface area contributed by atoms with Gasteiger partial charge in [-0.2, -0.15) is 0 Å². The summed E-state index contributed by atoms with van der Waals surface area (Å²) in [4.78, 5) is 14.4. The summed E-state index contributed by atoms with van der Waals surface area (Å²) in [6.45, 7) is 5.71. The highest BCUT2D eigenvalue weighted by atomic mass is 16.4. The fourth-order valence-electron chi connectivity index (χ4n) is 4.09. The number of hydrogen-bond acceptors (Lipinski definition) is 4. The molecule has 0 aliphatic heterocycles. The molecule has 4 nitrogen and oxygen atoms in total. The summed E-state index contributed by atoms with van der Waals surface area (Å²) < 4.78 is 5.48. The van der Waals surface area contributed by atoms with Gasteiger partial charge in [0, 0.05) is 30.1 Å². The molecule has 1 fully saturated rings. The van der Waals surface area contributed by atoms with E-state index in [1.165, 1.54) is 32.1 Å². The van der Waals surface area contributed by atoms with Crippen LogP contribution in [-0.2, 0) is 6.54 Å². The van der Waals surface area contributed by atoms with Crippen molar-refractivity contribution in [3.63, 3.8) is 0 Å². The molecule has 3 rings (SSSR count). The number of nitrogens with zero attached hydrogens (tertiary/aromatic N) is 1. The lowest BCUT2D eigenvalue weighted by atomic mass is 9.80. The van der Waals surface area contributed by atoms with Crippen LogP contribution in [0.15, 0.2) is 27.4 Å². The topological polar surface area (TPSA) is 45.5 Å². The van der Waals surface area contributed by atoms with E-state index in [4.69, 9.17) is 4.42 Å². The molecule has 1 aliphatic rings. The Morgan fingerprint density at radius 1 is 1.16 bits per heavy atom. The Labute approximate surface area is 150 Å². The zero-order chi connectivity index (χ0) is 18.0. The third-order valence-electron chi connectivity index (χ3n) is 6.02. The van der Waals surface area contributed by atoms with Crippen molar-refractivity contribution in [2.24, 2.45) is 0 Å². The molecular formula is C21H30N2O2. The Morgan fingerprint density at radius 2 is 1.88 bits per heavy atom. The van der Waals surface area contributed by atoms with Crippen LogP contribution in [0, 0.1) is 13.8 Å². The van der Waals surface area contributed by atoms with Gasteiger partial charge in [-0.25, -0.2) is 4.79 Å². The van der Waals surface area contributed by atoms with Gasteiger partial charge in [0.05, 0.1) is 0 Å². The van der Waals surface area contributed by atoms with Crippen molar-refractivity contribution >= 4 is 11.0 Å². The quantitative estimate of drug-likeness (QED) is 0.840. The zero-order valence-electron chi connectivity index (χ0n) is 15.9. The monoisotopic (exact) mass is 342 g/mol. The van der Waals surface area contributed by atoms with Gasteiger partial charge in [0.1, 0.15) is 5.58 Å². The Bertz CT molecular complexity index is 801.